The number of hydrogen-bond donors (Lipinski definition) is 3. The largest absolute Gasteiger partial charge is 0.392 e. The molecule has 32 heavy (non-hydrogen) atoms. The fraction of sp³-hybridized carbons (Fsp3) is 0.0435. The first-order valence-electron chi connectivity index (χ1n) is 9.59. The molecule has 7 nitrogen and oxygen atoms in total. The standard InChI is InChI=1S/C23H19N3O4S2/c27-14-16-5-4-8-19(13-16)26-32(29,30)20-11-9-18(10-12-20)22(28)25-23-24-21(15-31-23)17-6-2-1-3-7-17/h1-13,15,26-27H,14H2,(H,24,25,28). The Labute approximate surface area is 189 Å². The summed E-state index contributed by atoms with van der Waals surface area (Å²) in [6.07, 6.45) is 0. The number of anilines is 2. The molecule has 1 heterocycles. The van der Waals surface area contributed by atoms with E-state index in [1.54, 1.807) is 24.3 Å². The molecule has 3 N–H and O–H groups in total. The van der Waals surface area contributed by atoms with Crippen LogP contribution in [0.25, 0.3) is 11.3 Å². The molecule has 0 unspecified atom stereocenters. The number of carbonyl (C=O) groups excluding carboxylic acids is 1. The summed E-state index contributed by atoms with van der Waals surface area (Å²) in [7, 11) is -3.84. The van der Waals surface area contributed by atoms with Gasteiger partial charge in [0.1, 0.15) is 0 Å². The van der Waals surface area contributed by atoms with E-state index in [2.05, 4.69) is 15.0 Å². The van der Waals surface area contributed by atoms with Crippen molar-refractivity contribution in [1.82, 2.24) is 4.98 Å². The van der Waals surface area contributed by atoms with Crippen LogP contribution in [0.1, 0.15) is 15.9 Å². The van der Waals surface area contributed by atoms with Gasteiger partial charge in [-0.2, -0.15) is 0 Å². The van der Waals surface area contributed by atoms with E-state index in [4.69, 9.17) is 0 Å². The molecule has 0 bridgehead atoms. The van der Waals surface area contributed by atoms with Crippen molar-refractivity contribution in [1.29, 1.82) is 0 Å². The van der Waals surface area contributed by atoms with Gasteiger partial charge in [-0.25, -0.2) is 13.4 Å². The van der Waals surface area contributed by atoms with Crippen molar-refractivity contribution in [2.24, 2.45) is 0 Å². The first kappa shape index (κ1) is 21.7. The van der Waals surface area contributed by atoms with Crippen molar-refractivity contribution in [3.05, 3.63) is 95.4 Å². The zero-order chi connectivity index (χ0) is 22.6. The average molecular weight is 466 g/mol. The second-order valence-electron chi connectivity index (χ2n) is 6.85. The molecule has 9 heteroatoms. The Kier molecular flexibility index (Phi) is 6.31. The van der Waals surface area contributed by atoms with Gasteiger partial charge in [-0.1, -0.05) is 42.5 Å². The van der Waals surface area contributed by atoms with Crippen LogP contribution in [0.4, 0.5) is 10.8 Å². The minimum Gasteiger partial charge on any atom is -0.392 e. The van der Waals surface area contributed by atoms with Gasteiger partial charge in [0.15, 0.2) is 5.13 Å². The maximum atomic E-state index is 12.6. The van der Waals surface area contributed by atoms with Crippen molar-refractivity contribution >= 4 is 38.1 Å². The number of aromatic nitrogens is 1. The van der Waals surface area contributed by atoms with Gasteiger partial charge in [0, 0.05) is 22.2 Å². The molecule has 0 radical (unpaired) electrons. The molecule has 0 atom stereocenters. The van der Waals surface area contributed by atoms with E-state index < -0.39 is 10.0 Å². The van der Waals surface area contributed by atoms with E-state index in [9.17, 15) is 18.3 Å². The highest BCUT2D eigenvalue weighted by atomic mass is 32.2. The number of amides is 1. The molecular weight excluding hydrogens is 446 g/mol. The highest BCUT2D eigenvalue weighted by Crippen LogP contribution is 2.25. The third-order valence-electron chi connectivity index (χ3n) is 4.58. The first-order valence-corrected chi connectivity index (χ1v) is 12.0. The van der Waals surface area contributed by atoms with Crippen LogP contribution in [0.15, 0.2) is 89.1 Å². The Morgan fingerprint density at radius 2 is 1.72 bits per heavy atom. The summed E-state index contributed by atoms with van der Waals surface area (Å²) in [5, 5.41) is 14.3. The number of aliphatic hydroxyl groups excluding tert-OH is 1. The zero-order valence-electron chi connectivity index (χ0n) is 16.7. The van der Waals surface area contributed by atoms with Gasteiger partial charge in [-0.05, 0) is 42.0 Å². The Balaban J connectivity index is 1.45. The number of aliphatic hydroxyl groups is 1. The van der Waals surface area contributed by atoms with Gasteiger partial charge in [0.25, 0.3) is 15.9 Å². The predicted octanol–water partition coefficient (Wildman–Crippen LogP) is 4.36. The molecule has 0 aliphatic rings. The van der Waals surface area contributed by atoms with Crippen LogP contribution in [0.5, 0.6) is 0 Å². The van der Waals surface area contributed by atoms with Gasteiger partial charge < -0.3 is 5.11 Å². The van der Waals surface area contributed by atoms with Gasteiger partial charge in [-0.3, -0.25) is 14.8 Å². The maximum Gasteiger partial charge on any atom is 0.261 e. The summed E-state index contributed by atoms with van der Waals surface area (Å²) in [5.74, 6) is -0.383. The van der Waals surface area contributed by atoms with Crippen LogP contribution in [0.2, 0.25) is 0 Å². The highest BCUT2D eigenvalue weighted by Gasteiger charge is 2.16. The number of nitrogens with zero attached hydrogens (tertiary/aromatic N) is 1. The second kappa shape index (κ2) is 9.31. The number of rotatable bonds is 7. The van der Waals surface area contributed by atoms with E-state index in [1.165, 1.54) is 35.6 Å². The Morgan fingerprint density at radius 3 is 2.44 bits per heavy atom. The molecule has 0 aliphatic carbocycles. The maximum absolute atomic E-state index is 12.6. The van der Waals surface area contributed by atoms with Gasteiger partial charge >= 0.3 is 0 Å². The van der Waals surface area contributed by atoms with E-state index in [1.807, 2.05) is 35.7 Å². The molecule has 1 amide bonds. The molecule has 0 fully saturated rings. The van der Waals surface area contributed by atoms with Crippen LogP contribution < -0.4 is 10.0 Å². The van der Waals surface area contributed by atoms with E-state index >= 15 is 0 Å². The van der Waals surface area contributed by atoms with Crippen LogP contribution in [-0.4, -0.2) is 24.4 Å². The summed E-state index contributed by atoms with van der Waals surface area (Å²) in [4.78, 5) is 17.0. The Morgan fingerprint density at radius 1 is 0.969 bits per heavy atom. The lowest BCUT2D eigenvalue weighted by molar-refractivity contribution is 0.102. The van der Waals surface area contributed by atoms with E-state index in [0.29, 0.717) is 21.9 Å². The Hall–Kier alpha value is -3.53. The minimum atomic E-state index is -3.84. The predicted molar refractivity (Wildman–Crippen MR) is 125 cm³/mol. The van der Waals surface area contributed by atoms with Crippen molar-refractivity contribution in [3.8, 4) is 11.3 Å². The van der Waals surface area contributed by atoms with Crippen LogP contribution in [0.3, 0.4) is 0 Å². The summed E-state index contributed by atoms with van der Waals surface area (Å²) in [5.41, 5.74) is 2.97. The zero-order valence-corrected chi connectivity index (χ0v) is 18.4. The number of benzene rings is 3. The summed E-state index contributed by atoms with van der Waals surface area (Å²) < 4.78 is 27.7. The van der Waals surface area contributed by atoms with Crippen molar-refractivity contribution < 1.29 is 18.3 Å². The van der Waals surface area contributed by atoms with Crippen molar-refractivity contribution in [3.63, 3.8) is 0 Å². The fourth-order valence-corrected chi connectivity index (χ4v) is 4.74. The third kappa shape index (κ3) is 5.02. The fourth-order valence-electron chi connectivity index (χ4n) is 2.97. The van der Waals surface area contributed by atoms with Crippen molar-refractivity contribution in [2.45, 2.75) is 11.5 Å². The van der Waals surface area contributed by atoms with Crippen molar-refractivity contribution in [2.75, 3.05) is 10.0 Å². The highest BCUT2D eigenvalue weighted by molar-refractivity contribution is 7.92. The average Bonchev–Trinajstić information content (AvgIpc) is 3.28. The van der Waals surface area contributed by atoms with Gasteiger partial charge in [0.05, 0.1) is 17.2 Å². The third-order valence-corrected chi connectivity index (χ3v) is 6.74. The summed E-state index contributed by atoms with van der Waals surface area (Å²) >= 11 is 1.31. The monoisotopic (exact) mass is 465 g/mol. The van der Waals surface area contributed by atoms with E-state index in [-0.39, 0.29) is 17.4 Å². The van der Waals surface area contributed by atoms with Crippen LogP contribution >= 0.6 is 11.3 Å². The van der Waals surface area contributed by atoms with E-state index in [0.717, 1.165) is 11.3 Å². The number of carbonyl (C=O) groups is 1. The Bertz CT molecular complexity index is 1340. The molecule has 162 valence electrons. The number of sulfonamides is 1. The molecule has 4 rings (SSSR count). The summed E-state index contributed by atoms with van der Waals surface area (Å²) in [6, 6.07) is 21.7. The lowest BCUT2D eigenvalue weighted by Crippen LogP contribution is -2.15. The SMILES string of the molecule is O=C(Nc1nc(-c2ccccc2)cs1)c1ccc(S(=O)(=O)Nc2cccc(CO)c2)cc1. The second-order valence-corrected chi connectivity index (χ2v) is 9.39. The number of nitrogens with one attached hydrogen (secondary N) is 2. The molecule has 3 aromatic carbocycles. The molecule has 0 spiro atoms. The molecule has 0 saturated heterocycles. The molecule has 1 aromatic heterocycles. The van der Waals surface area contributed by atoms with Gasteiger partial charge in [-0.15, -0.1) is 11.3 Å². The molecular formula is C23H19N3O4S2. The van der Waals surface area contributed by atoms with Crippen LogP contribution in [0, 0.1) is 0 Å². The number of hydrogen-bond acceptors (Lipinski definition) is 6. The normalized spacial score (nSPS) is 11.2. The topological polar surface area (TPSA) is 108 Å². The molecule has 0 saturated carbocycles. The summed E-state index contributed by atoms with van der Waals surface area (Å²) in [6.45, 7) is -0.189. The molecule has 4 aromatic rings. The van der Waals surface area contributed by atoms with Gasteiger partial charge in [0.2, 0.25) is 0 Å². The smallest absolute Gasteiger partial charge is 0.261 e. The lowest BCUT2D eigenvalue weighted by Gasteiger charge is -2.09. The number of thiazole rings is 1. The molecule has 0 aliphatic heterocycles. The first-order chi connectivity index (χ1) is 15.4. The van der Waals surface area contributed by atoms with Crippen LogP contribution in [-0.2, 0) is 16.6 Å². The lowest BCUT2D eigenvalue weighted by atomic mass is 10.2. The minimum absolute atomic E-state index is 0.0177. The quantitative estimate of drug-likeness (QED) is 0.376.